The lowest BCUT2D eigenvalue weighted by atomic mass is 9.83. The van der Waals surface area contributed by atoms with E-state index in [-0.39, 0.29) is 40.5 Å². The summed E-state index contributed by atoms with van der Waals surface area (Å²) in [5.41, 5.74) is 20.6. The number of halogens is 2. The summed E-state index contributed by atoms with van der Waals surface area (Å²) in [7, 11) is 7.87. The number of phenolic OH excluding ortho intramolecular Hbond substituents is 5. The molecule has 0 saturated heterocycles. The van der Waals surface area contributed by atoms with Crippen molar-refractivity contribution < 1.29 is 53.6 Å². The molecule has 20 rings (SSSR count). The van der Waals surface area contributed by atoms with Gasteiger partial charge in [-0.05, 0) is 277 Å². The van der Waals surface area contributed by atoms with E-state index in [4.69, 9.17) is 35.3 Å². The van der Waals surface area contributed by atoms with Gasteiger partial charge in [-0.2, -0.15) is 0 Å². The number of phenols is 5. The molecular formula is C98H119ClFN5O10S5. The average Bonchev–Trinajstić information content (AvgIpc) is 1.55. The summed E-state index contributed by atoms with van der Waals surface area (Å²) in [6, 6.07) is 29.6. The number of aromatic hydroxyl groups is 5. The minimum absolute atomic E-state index is 0.0287. The first-order chi connectivity index (χ1) is 57.8. The molecule has 0 amide bonds. The highest BCUT2D eigenvalue weighted by Gasteiger charge is 2.42. The number of nitrogens with zero attached hydrogens (tertiary/aromatic N) is 5. The molecule has 5 aromatic carbocycles. The van der Waals surface area contributed by atoms with Crippen molar-refractivity contribution in [3.05, 3.63) is 222 Å². The van der Waals surface area contributed by atoms with Crippen LogP contribution in [0.3, 0.4) is 0 Å². The summed E-state index contributed by atoms with van der Waals surface area (Å²) in [6.45, 7) is 29.4. The molecule has 10 aromatic rings. The van der Waals surface area contributed by atoms with E-state index in [9.17, 15) is 29.9 Å². The fourth-order valence-electron chi connectivity index (χ4n) is 20.7. The Balaban J connectivity index is 0.000000112. The zero-order valence-electron chi connectivity index (χ0n) is 72.2. The predicted octanol–water partition coefficient (Wildman–Crippen LogP) is 21.4. The average molecular weight is 1740 g/mol. The van der Waals surface area contributed by atoms with Crippen molar-refractivity contribution in [3.8, 4) is 57.5 Å². The lowest BCUT2D eigenvalue weighted by Gasteiger charge is -2.44. The standard InChI is InChI=1S/2C21H27NO2S.C20H24FNO2S.C18H20ClNO2S.C18H21NO2S/c1-12(2)5-16-7-15-11-22-13(3)6-14-8-20(24-4)19(23)9-17(14)18(22)10-21(15)25-16;1-12(2)7-15-8-14-11-22-6-5-16-13(3)21(24-4)19(23)9-17(16)18(22)10-20(14)25-15;1-11(2)6-13-7-12-10-22-5-4-14-15(16(22)9-18(12)25-13)8-17(23)20(24-3)19(14)21;1-22-17-8-11-3-5-20-10-18-12(6-13(23-18)2-4-19)7-15(20)14(11)9-16(17)21;1-3-13-6-12-7-15-14-9-16(20)17(21-2)8-11(14)4-5-19(15)10-18(12)22-13/h7-9,12-13,18,23H,5-6,10-11H2,1-4H3;8-9,12,18,23H,5-7,10-11H2,1-4H3;7-8,11,16,23H,4-6,9-10H2,1-3H3;6,8-9,15,21H,2-5,7,10H2,1H3;6,8-9,15,20H,3-5,7,10H2,1-2H3/t13?,18-;18-;16-;2*15-/m00000/s1. The van der Waals surface area contributed by atoms with Gasteiger partial charge in [0.1, 0.15) is 0 Å². The minimum atomic E-state index is -0.394. The van der Waals surface area contributed by atoms with E-state index in [1.165, 1.54) is 141 Å². The van der Waals surface area contributed by atoms with Crippen molar-refractivity contribution in [2.75, 3.05) is 67.6 Å². The number of rotatable bonds is 14. The molecule has 6 atom stereocenters. The third-order valence-corrected chi connectivity index (χ3v) is 32.8. The van der Waals surface area contributed by atoms with E-state index in [0.29, 0.717) is 88.8 Å². The lowest BCUT2D eigenvalue weighted by Crippen LogP contribution is -2.44. The fraction of sp³-hybridized carbons (Fsp3) is 0.490. The molecule has 22 heteroatoms. The SMILES string of the molecule is CCc1cc2c(s1)CN1CCc3cc(OC)c(O)cc3[C@@H]1C2.COc1c(O)cc2c(c1C)CCN1Cc3cc(CC(C)C)sc3C[C@@H]21.COc1c(O)cc2c(c1F)CCN1Cc3cc(CC(C)C)sc3C[C@@H]21.COc1cc2c(cc1O)[C@@H]1Cc3cc(CCCl)sc3CN1CC2.COc1cc2c(cc1O)[C@@H]1Cc3sc(CC(C)C)cc3CN1C(C)C2. The second-order valence-electron chi connectivity index (χ2n) is 35.7. The number of thiophene rings is 5. The van der Waals surface area contributed by atoms with Gasteiger partial charge in [-0.15, -0.1) is 68.3 Å². The first kappa shape index (κ1) is 86.2. The second kappa shape index (κ2) is 36.4. The van der Waals surface area contributed by atoms with Crippen LogP contribution < -0.4 is 23.7 Å². The molecule has 0 radical (unpaired) electrons. The molecule has 5 N–H and O–H groups in total. The number of fused-ring (bicyclic) bond motifs is 20. The highest BCUT2D eigenvalue weighted by molar-refractivity contribution is 7.13. The maximum absolute atomic E-state index is 14.7. The van der Waals surface area contributed by atoms with Crippen LogP contribution in [0.15, 0.2) is 78.9 Å². The van der Waals surface area contributed by atoms with Gasteiger partial charge in [0.2, 0.25) is 0 Å². The summed E-state index contributed by atoms with van der Waals surface area (Å²) in [5.74, 6) is 5.65. The summed E-state index contributed by atoms with van der Waals surface area (Å²) in [6.07, 6.45) is 15.4. The van der Waals surface area contributed by atoms with Crippen LogP contribution in [-0.2, 0) is 129 Å². The van der Waals surface area contributed by atoms with E-state index < -0.39 is 5.82 Å². The van der Waals surface area contributed by atoms with E-state index >= 15 is 0 Å². The third-order valence-electron chi connectivity index (χ3n) is 26.4. The van der Waals surface area contributed by atoms with Gasteiger partial charge in [-0.3, -0.25) is 24.5 Å². The third kappa shape index (κ3) is 17.5. The largest absolute Gasteiger partial charge is 0.504 e. The maximum Gasteiger partial charge on any atom is 0.196 e. The quantitative estimate of drug-likeness (QED) is 0.0653. The van der Waals surface area contributed by atoms with Gasteiger partial charge >= 0.3 is 0 Å². The molecule has 0 saturated carbocycles. The zero-order chi connectivity index (χ0) is 84.4. The van der Waals surface area contributed by atoms with Gasteiger partial charge in [0.15, 0.2) is 63.3 Å². The second-order valence-corrected chi connectivity index (χ2v) is 42.2. The van der Waals surface area contributed by atoms with Crippen LogP contribution in [0.5, 0.6) is 57.5 Å². The molecule has 5 aromatic heterocycles. The van der Waals surface area contributed by atoms with Crippen LogP contribution in [0.1, 0.15) is 223 Å². The number of methoxy groups -OCH3 is 5. The molecule has 1 unspecified atom stereocenters. The number of benzene rings is 5. The molecule has 15 heterocycles. The fourth-order valence-corrected chi connectivity index (χ4v) is 27.7. The summed E-state index contributed by atoms with van der Waals surface area (Å²) < 4.78 is 41.0. The number of hydrogen-bond donors (Lipinski definition) is 5. The van der Waals surface area contributed by atoms with Crippen molar-refractivity contribution in [3.63, 3.8) is 0 Å². The Bertz CT molecular complexity index is 5270. The van der Waals surface area contributed by atoms with Gasteiger partial charge in [-0.1, -0.05) is 48.5 Å². The zero-order valence-corrected chi connectivity index (χ0v) is 77.0. The number of ether oxygens (including phenoxy) is 5. The van der Waals surface area contributed by atoms with Crippen LogP contribution in [-0.4, -0.2) is 124 Å². The van der Waals surface area contributed by atoms with Gasteiger partial charge < -0.3 is 49.2 Å². The highest BCUT2D eigenvalue weighted by Crippen LogP contribution is 2.52. The summed E-state index contributed by atoms with van der Waals surface area (Å²) in [4.78, 5) is 27.6. The highest BCUT2D eigenvalue weighted by atomic mass is 35.5. The molecule has 120 heavy (non-hydrogen) atoms. The van der Waals surface area contributed by atoms with E-state index in [0.717, 1.165) is 147 Å². The Hall–Kier alpha value is -7.38. The first-order valence-electron chi connectivity index (χ1n) is 43.3. The monoisotopic (exact) mass is 1740 g/mol. The molecule has 0 fully saturated rings. The number of alkyl halides is 1. The topological polar surface area (TPSA) is 164 Å². The van der Waals surface area contributed by atoms with Crippen molar-refractivity contribution in [1.29, 1.82) is 0 Å². The molecule has 0 bridgehead atoms. The normalized spacial score (nSPS) is 20.3. The van der Waals surface area contributed by atoms with E-state index in [2.05, 4.69) is 117 Å². The Kier molecular flexibility index (Phi) is 26.2. The first-order valence-corrected chi connectivity index (χ1v) is 47.9. The van der Waals surface area contributed by atoms with Crippen LogP contribution in [0.4, 0.5) is 4.39 Å². The Morgan fingerprint density at radius 1 is 0.392 bits per heavy atom. The van der Waals surface area contributed by atoms with Gasteiger partial charge in [-0.25, -0.2) is 4.39 Å². The molecule has 15 nitrogen and oxygen atoms in total. The maximum atomic E-state index is 14.7. The van der Waals surface area contributed by atoms with Crippen molar-refractivity contribution in [2.24, 2.45) is 17.8 Å². The van der Waals surface area contributed by atoms with Crippen molar-refractivity contribution in [1.82, 2.24) is 24.5 Å². The van der Waals surface area contributed by atoms with Gasteiger partial charge in [0.05, 0.1) is 35.5 Å². The smallest absolute Gasteiger partial charge is 0.196 e. The van der Waals surface area contributed by atoms with Gasteiger partial charge in [0.25, 0.3) is 0 Å². The Morgan fingerprint density at radius 2 is 0.767 bits per heavy atom. The lowest BCUT2D eigenvalue weighted by molar-refractivity contribution is 0.107. The van der Waals surface area contributed by atoms with E-state index in [1.807, 2.05) is 99.1 Å². The molecule has 640 valence electrons. The van der Waals surface area contributed by atoms with E-state index in [1.54, 1.807) is 34.5 Å². The van der Waals surface area contributed by atoms with Crippen LogP contribution in [0, 0.1) is 30.5 Å². The molecule has 0 spiro atoms. The minimum Gasteiger partial charge on any atom is -0.504 e. The van der Waals surface area contributed by atoms with Crippen molar-refractivity contribution >= 4 is 68.3 Å². The van der Waals surface area contributed by atoms with Gasteiger partial charge in [0, 0.05) is 169 Å². The molecule has 0 aliphatic carbocycles. The van der Waals surface area contributed by atoms with Crippen molar-refractivity contribution in [2.45, 2.75) is 228 Å². The Labute approximate surface area is 733 Å². The molecular weight excluding hydrogens is 1620 g/mol. The van der Waals surface area contributed by atoms with Crippen LogP contribution in [0.2, 0.25) is 0 Å². The molecule has 10 aliphatic rings. The predicted molar refractivity (Wildman–Crippen MR) is 486 cm³/mol. The number of hydrogen-bond acceptors (Lipinski definition) is 20. The van der Waals surface area contributed by atoms with Crippen LogP contribution >= 0.6 is 68.3 Å². The number of aryl methyl sites for hydroxylation is 2. The molecule has 10 aliphatic heterocycles. The Morgan fingerprint density at radius 3 is 1.23 bits per heavy atom. The van der Waals surface area contributed by atoms with Crippen LogP contribution in [0.25, 0.3) is 0 Å². The summed E-state index contributed by atoms with van der Waals surface area (Å²) in [5, 5.41) is 51.2. The summed E-state index contributed by atoms with van der Waals surface area (Å²) >= 11 is 15.7.